The molecule has 3 N–H and O–H groups in total. The van der Waals surface area contributed by atoms with E-state index in [1.54, 1.807) is 18.2 Å². The summed E-state index contributed by atoms with van der Waals surface area (Å²) in [7, 11) is 1.46. The Morgan fingerprint density at radius 2 is 1.14 bits per heavy atom. The Kier molecular flexibility index (Phi) is 23.9. The van der Waals surface area contributed by atoms with Crippen LogP contribution in [0.3, 0.4) is 0 Å². The van der Waals surface area contributed by atoms with Crippen molar-refractivity contribution in [3.05, 3.63) is 30.1 Å². The SMILES string of the molecule is CCCCCCCCCCCCCCCCCCNC(=O)OCC(COC(=O)NCCNC(=O)c1ccccn1)OC. The van der Waals surface area contributed by atoms with Crippen molar-refractivity contribution in [1.29, 1.82) is 0 Å². The molecule has 0 aromatic carbocycles. The highest BCUT2D eigenvalue weighted by atomic mass is 16.6. The Bertz CT molecular complexity index is 811. The number of ether oxygens (including phenoxy) is 3. The van der Waals surface area contributed by atoms with E-state index in [4.69, 9.17) is 14.2 Å². The molecule has 1 rings (SSSR count). The largest absolute Gasteiger partial charge is 0.447 e. The zero-order valence-electron chi connectivity index (χ0n) is 26.1. The van der Waals surface area contributed by atoms with Gasteiger partial charge in [0.2, 0.25) is 0 Å². The molecule has 1 aromatic rings. The van der Waals surface area contributed by atoms with E-state index < -0.39 is 18.3 Å². The second-order valence-corrected chi connectivity index (χ2v) is 10.7. The third-order valence-corrected chi connectivity index (χ3v) is 7.01. The average molecular weight is 593 g/mol. The first-order valence-electron chi connectivity index (χ1n) is 16.1. The van der Waals surface area contributed by atoms with Crippen LogP contribution in [0.1, 0.15) is 120 Å². The van der Waals surface area contributed by atoms with Gasteiger partial charge in [-0.15, -0.1) is 0 Å². The molecule has 0 saturated carbocycles. The Labute approximate surface area is 253 Å². The van der Waals surface area contributed by atoms with Crippen LogP contribution < -0.4 is 16.0 Å². The monoisotopic (exact) mass is 592 g/mol. The number of nitrogens with one attached hydrogen (secondary N) is 3. The number of alkyl carbamates (subject to hydrolysis) is 2. The highest BCUT2D eigenvalue weighted by Crippen LogP contribution is 2.13. The van der Waals surface area contributed by atoms with Gasteiger partial charge in [0.05, 0.1) is 0 Å². The van der Waals surface area contributed by atoms with E-state index in [0.717, 1.165) is 12.8 Å². The van der Waals surface area contributed by atoms with Gasteiger partial charge in [0.15, 0.2) is 0 Å². The standard InChI is InChI=1S/C32H56N4O6/c1-3-4-5-6-7-8-9-10-11-12-13-14-15-16-17-19-23-35-31(38)41-26-28(40-2)27-42-32(39)36-25-24-34-30(37)29-21-18-20-22-33-29/h18,20-22,28H,3-17,19,23-27H2,1-2H3,(H,34,37)(H,35,38)(H,36,39). The fourth-order valence-electron chi connectivity index (χ4n) is 4.42. The van der Waals surface area contributed by atoms with Gasteiger partial charge < -0.3 is 30.2 Å². The van der Waals surface area contributed by atoms with Gasteiger partial charge in [-0.25, -0.2) is 9.59 Å². The molecule has 0 spiro atoms. The van der Waals surface area contributed by atoms with E-state index in [1.165, 1.54) is 103 Å². The molecular weight excluding hydrogens is 536 g/mol. The summed E-state index contributed by atoms with van der Waals surface area (Å²) < 4.78 is 15.5. The van der Waals surface area contributed by atoms with Gasteiger partial charge in [-0.1, -0.05) is 109 Å². The quantitative estimate of drug-likeness (QED) is 0.104. The van der Waals surface area contributed by atoms with Crippen LogP contribution in [0.15, 0.2) is 24.4 Å². The zero-order valence-corrected chi connectivity index (χ0v) is 26.1. The number of hydrogen-bond acceptors (Lipinski definition) is 7. The first kappa shape index (κ1) is 37.1. The van der Waals surface area contributed by atoms with Crippen molar-refractivity contribution in [1.82, 2.24) is 20.9 Å². The number of nitrogens with zero attached hydrogens (tertiary/aromatic N) is 1. The summed E-state index contributed by atoms with van der Waals surface area (Å²) in [5.74, 6) is -0.324. The van der Waals surface area contributed by atoms with Crippen molar-refractivity contribution in [2.75, 3.05) is 40.0 Å². The highest BCUT2D eigenvalue weighted by molar-refractivity contribution is 5.92. The molecule has 0 radical (unpaired) electrons. The molecular formula is C32H56N4O6. The number of aromatic nitrogens is 1. The van der Waals surface area contributed by atoms with Crippen molar-refractivity contribution in [3.8, 4) is 0 Å². The predicted octanol–water partition coefficient (Wildman–Crippen LogP) is 6.54. The molecule has 42 heavy (non-hydrogen) atoms. The maximum absolute atomic E-state index is 11.9. The lowest BCUT2D eigenvalue weighted by atomic mass is 10.0. The first-order valence-corrected chi connectivity index (χ1v) is 16.1. The summed E-state index contributed by atoms with van der Waals surface area (Å²) in [4.78, 5) is 39.7. The Balaban J connectivity index is 1.90. The van der Waals surface area contributed by atoms with E-state index in [2.05, 4.69) is 27.9 Å². The molecule has 0 aliphatic heterocycles. The summed E-state index contributed by atoms with van der Waals surface area (Å²) in [6.07, 6.45) is 20.7. The van der Waals surface area contributed by atoms with Gasteiger partial charge in [-0.05, 0) is 18.6 Å². The summed E-state index contributed by atoms with van der Waals surface area (Å²) in [6, 6.07) is 5.05. The lowest BCUT2D eigenvalue weighted by molar-refractivity contribution is -0.00443. The predicted molar refractivity (Wildman–Crippen MR) is 166 cm³/mol. The number of pyridine rings is 1. The second-order valence-electron chi connectivity index (χ2n) is 10.7. The van der Waals surface area contributed by atoms with Crippen LogP contribution in [0, 0.1) is 0 Å². The number of hydrogen-bond donors (Lipinski definition) is 3. The zero-order chi connectivity index (χ0) is 30.5. The Morgan fingerprint density at radius 3 is 1.62 bits per heavy atom. The number of unbranched alkanes of at least 4 members (excludes halogenated alkanes) is 15. The van der Waals surface area contributed by atoms with Crippen molar-refractivity contribution in [2.24, 2.45) is 0 Å². The van der Waals surface area contributed by atoms with E-state index in [9.17, 15) is 14.4 Å². The molecule has 0 saturated heterocycles. The topological polar surface area (TPSA) is 128 Å². The van der Waals surface area contributed by atoms with Gasteiger partial charge in [-0.3, -0.25) is 9.78 Å². The smallest absolute Gasteiger partial charge is 0.407 e. The number of amides is 3. The van der Waals surface area contributed by atoms with Crippen LogP contribution in [-0.4, -0.2) is 69.1 Å². The van der Waals surface area contributed by atoms with E-state index >= 15 is 0 Å². The molecule has 10 heteroatoms. The summed E-state index contributed by atoms with van der Waals surface area (Å²) in [5, 5.41) is 7.94. The van der Waals surface area contributed by atoms with Crippen LogP contribution in [0.2, 0.25) is 0 Å². The summed E-state index contributed by atoms with van der Waals surface area (Å²) in [6.45, 7) is 3.14. The molecule has 0 aliphatic carbocycles. The van der Waals surface area contributed by atoms with Crippen molar-refractivity contribution in [3.63, 3.8) is 0 Å². The Hall–Kier alpha value is -2.88. The Morgan fingerprint density at radius 1 is 0.667 bits per heavy atom. The average Bonchev–Trinajstić information content (AvgIpc) is 3.01. The van der Waals surface area contributed by atoms with Gasteiger partial charge >= 0.3 is 12.2 Å². The van der Waals surface area contributed by atoms with Crippen molar-refractivity contribution in [2.45, 2.75) is 116 Å². The van der Waals surface area contributed by atoms with E-state index in [0.29, 0.717) is 12.2 Å². The summed E-state index contributed by atoms with van der Waals surface area (Å²) >= 11 is 0. The summed E-state index contributed by atoms with van der Waals surface area (Å²) in [5.41, 5.74) is 0.303. The van der Waals surface area contributed by atoms with E-state index in [-0.39, 0.29) is 32.2 Å². The molecule has 0 bridgehead atoms. The minimum atomic E-state index is -0.655. The fraction of sp³-hybridized carbons (Fsp3) is 0.750. The van der Waals surface area contributed by atoms with Crippen molar-refractivity contribution >= 4 is 18.1 Å². The fourth-order valence-corrected chi connectivity index (χ4v) is 4.42. The molecule has 3 amide bonds. The molecule has 1 aromatic heterocycles. The third kappa shape index (κ3) is 21.8. The number of rotatable bonds is 26. The minimum Gasteiger partial charge on any atom is -0.447 e. The molecule has 0 fully saturated rings. The lowest BCUT2D eigenvalue weighted by Crippen LogP contribution is -2.37. The second kappa shape index (κ2) is 27.0. The normalized spacial score (nSPS) is 11.5. The number of methoxy groups -OCH3 is 1. The van der Waals surface area contributed by atoms with Gasteiger partial charge in [0.1, 0.15) is 25.0 Å². The molecule has 1 atom stereocenters. The van der Waals surface area contributed by atoms with Crippen LogP contribution >= 0.6 is 0 Å². The molecule has 0 aliphatic rings. The molecule has 1 unspecified atom stereocenters. The molecule has 10 nitrogen and oxygen atoms in total. The maximum Gasteiger partial charge on any atom is 0.407 e. The minimum absolute atomic E-state index is 0.0330. The highest BCUT2D eigenvalue weighted by Gasteiger charge is 2.14. The first-order chi connectivity index (χ1) is 20.6. The van der Waals surface area contributed by atoms with Crippen LogP contribution in [0.5, 0.6) is 0 Å². The van der Waals surface area contributed by atoms with Crippen LogP contribution in [0.25, 0.3) is 0 Å². The maximum atomic E-state index is 11.9. The number of carbonyl (C=O) groups excluding carboxylic acids is 3. The third-order valence-electron chi connectivity index (χ3n) is 7.01. The lowest BCUT2D eigenvalue weighted by Gasteiger charge is -2.16. The van der Waals surface area contributed by atoms with Gasteiger partial charge in [-0.2, -0.15) is 0 Å². The van der Waals surface area contributed by atoms with Gasteiger partial charge in [0, 0.05) is 32.9 Å². The van der Waals surface area contributed by atoms with E-state index in [1.807, 2.05) is 0 Å². The van der Waals surface area contributed by atoms with Crippen LogP contribution in [0.4, 0.5) is 9.59 Å². The van der Waals surface area contributed by atoms with Gasteiger partial charge in [0.25, 0.3) is 5.91 Å². The van der Waals surface area contributed by atoms with Crippen molar-refractivity contribution < 1.29 is 28.6 Å². The molecule has 240 valence electrons. The molecule has 1 heterocycles. The number of carbonyl (C=O) groups is 3. The van der Waals surface area contributed by atoms with Crippen LogP contribution in [-0.2, 0) is 14.2 Å².